The minimum Gasteiger partial charge on any atom is -0.497 e. The second-order valence-corrected chi connectivity index (χ2v) is 6.75. The molecule has 1 atom stereocenters. The largest absolute Gasteiger partial charge is 0.497 e. The minimum atomic E-state index is -0.384. The first-order valence-electron chi connectivity index (χ1n) is 9.53. The van der Waals surface area contributed by atoms with Crippen LogP contribution in [0, 0.1) is 0 Å². The van der Waals surface area contributed by atoms with Crippen LogP contribution in [0.15, 0.2) is 53.3 Å². The number of H-pyrrole nitrogens is 1. The van der Waals surface area contributed by atoms with Crippen molar-refractivity contribution in [2.75, 3.05) is 14.2 Å². The first-order chi connectivity index (χ1) is 14.5. The van der Waals surface area contributed by atoms with E-state index in [9.17, 15) is 9.59 Å². The fourth-order valence-electron chi connectivity index (χ4n) is 2.97. The standard InChI is InChI=1S/C22H24N4O4/c1-14(15-7-5-4-6-8-15)23-20(27)10-9-19-22(28)24-21(26-25-19)16-11-17(29-2)13-18(12-16)30-3/h4-8,11-14H,9-10H2,1-3H3,(H,23,27)(H,24,26,28). The summed E-state index contributed by atoms with van der Waals surface area (Å²) in [5, 5.41) is 11.0. The van der Waals surface area contributed by atoms with Gasteiger partial charge in [-0.3, -0.25) is 9.59 Å². The van der Waals surface area contributed by atoms with Crippen molar-refractivity contribution in [3.63, 3.8) is 0 Å². The van der Waals surface area contributed by atoms with E-state index in [0.717, 1.165) is 5.56 Å². The van der Waals surface area contributed by atoms with Crippen LogP contribution in [0.25, 0.3) is 11.4 Å². The zero-order valence-electron chi connectivity index (χ0n) is 17.1. The predicted molar refractivity (Wildman–Crippen MR) is 113 cm³/mol. The molecule has 0 spiro atoms. The Morgan fingerprint density at radius 1 is 1.07 bits per heavy atom. The highest BCUT2D eigenvalue weighted by molar-refractivity contribution is 5.76. The number of ether oxygens (including phenoxy) is 2. The summed E-state index contributed by atoms with van der Waals surface area (Å²) in [6.07, 6.45) is 0.332. The zero-order valence-corrected chi connectivity index (χ0v) is 17.1. The number of aromatic nitrogens is 3. The number of amides is 1. The predicted octanol–water partition coefficient (Wildman–Crippen LogP) is 2.66. The number of rotatable bonds is 8. The minimum absolute atomic E-state index is 0.117. The second kappa shape index (κ2) is 9.69. The summed E-state index contributed by atoms with van der Waals surface area (Å²) in [5.41, 5.74) is 1.44. The topological polar surface area (TPSA) is 106 Å². The third kappa shape index (κ3) is 5.22. The van der Waals surface area contributed by atoms with E-state index in [-0.39, 0.29) is 36.0 Å². The maximum atomic E-state index is 12.4. The molecule has 0 fully saturated rings. The van der Waals surface area contributed by atoms with Crippen LogP contribution >= 0.6 is 0 Å². The highest BCUT2D eigenvalue weighted by Crippen LogP contribution is 2.27. The van der Waals surface area contributed by atoms with Crippen molar-refractivity contribution in [1.29, 1.82) is 0 Å². The Balaban J connectivity index is 1.66. The molecule has 1 heterocycles. The van der Waals surface area contributed by atoms with Gasteiger partial charge in [0.15, 0.2) is 5.82 Å². The van der Waals surface area contributed by atoms with E-state index in [1.165, 1.54) is 0 Å². The Kier molecular flexibility index (Phi) is 6.79. The monoisotopic (exact) mass is 408 g/mol. The van der Waals surface area contributed by atoms with Crippen LogP contribution < -0.4 is 20.3 Å². The third-order valence-electron chi connectivity index (χ3n) is 4.66. The highest BCUT2D eigenvalue weighted by Gasteiger charge is 2.13. The van der Waals surface area contributed by atoms with Gasteiger partial charge in [-0.1, -0.05) is 30.3 Å². The molecule has 0 aliphatic carbocycles. The molecule has 0 saturated heterocycles. The number of methoxy groups -OCH3 is 2. The van der Waals surface area contributed by atoms with Crippen LogP contribution in [0.2, 0.25) is 0 Å². The number of nitrogens with one attached hydrogen (secondary N) is 2. The number of aryl methyl sites for hydroxylation is 1. The molecular weight excluding hydrogens is 384 g/mol. The first-order valence-corrected chi connectivity index (χ1v) is 9.53. The third-order valence-corrected chi connectivity index (χ3v) is 4.66. The molecule has 8 heteroatoms. The van der Waals surface area contributed by atoms with Crippen LogP contribution in [0.5, 0.6) is 11.5 Å². The van der Waals surface area contributed by atoms with Crippen LogP contribution in [-0.4, -0.2) is 35.3 Å². The average molecular weight is 408 g/mol. The van der Waals surface area contributed by atoms with Crippen molar-refractivity contribution < 1.29 is 14.3 Å². The van der Waals surface area contributed by atoms with E-state index in [2.05, 4.69) is 20.5 Å². The molecule has 2 aromatic carbocycles. The molecule has 0 aliphatic heterocycles. The first kappa shape index (κ1) is 21.0. The number of carbonyl (C=O) groups excluding carboxylic acids is 1. The lowest BCUT2D eigenvalue weighted by Crippen LogP contribution is -2.28. The Labute approximate surface area is 174 Å². The van der Waals surface area contributed by atoms with E-state index in [4.69, 9.17) is 9.47 Å². The lowest BCUT2D eigenvalue weighted by molar-refractivity contribution is -0.121. The van der Waals surface area contributed by atoms with Gasteiger partial charge in [-0.25, -0.2) is 0 Å². The molecule has 1 unspecified atom stereocenters. The number of carbonyl (C=O) groups is 1. The van der Waals surface area contributed by atoms with E-state index in [1.807, 2.05) is 37.3 Å². The maximum absolute atomic E-state index is 12.4. The van der Waals surface area contributed by atoms with E-state index >= 15 is 0 Å². The summed E-state index contributed by atoms with van der Waals surface area (Å²) in [6, 6.07) is 14.7. The molecule has 0 aliphatic rings. The van der Waals surface area contributed by atoms with Gasteiger partial charge in [-0.2, -0.15) is 0 Å². The summed E-state index contributed by atoms with van der Waals surface area (Å²) in [7, 11) is 3.08. The van der Waals surface area contributed by atoms with E-state index in [1.54, 1.807) is 32.4 Å². The van der Waals surface area contributed by atoms with Crippen molar-refractivity contribution in [3.05, 3.63) is 70.1 Å². The van der Waals surface area contributed by atoms with Gasteiger partial charge < -0.3 is 19.8 Å². The summed E-state index contributed by atoms with van der Waals surface area (Å²) >= 11 is 0. The molecule has 30 heavy (non-hydrogen) atoms. The van der Waals surface area contributed by atoms with Crippen molar-refractivity contribution in [2.45, 2.75) is 25.8 Å². The molecule has 1 aromatic heterocycles. The Bertz CT molecular complexity index is 1040. The quantitative estimate of drug-likeness (QED) is 0.594. The maximum Gasteiger partial charge on any atom is 0.273 e. The summed E-state index contributed by atoms with van der Waals surface area (Å²) in [5.74, 6) is 1.28. The SMILES string of the molecule is COc1cc(OC)cc(-c2nnc(CCC(=O)NC(C)c3ccccc3)c(=O)[nH]2)c1. The average Bonchev–Trinajstić information content (AvgIpc) is 2.78. The molecule has 0 radical (unpaired) electrons. The normalized spacial score (nSPS) is 11.6. The number of hydrogen-bond donors (Lipinski definition) is 2. The van der Waals surface area contributed by atoms with Crippen molar-refractivity contribution in [3.8, 4) is 22.9 Å². The molecule has 0 saturated carbocycles. The molecule has 8 nitrogen and oxygen atoms in total. The number of hydrogen-bond acceptors (Lipinski definition) is 6. The van der Waals surface area contributed by atoms with Crippen LogP contribution in [0.4, 0.5) is 0 Å². The Morgan fingerprint density at radius 3 is 2.33 bits per heavy atom. The lowest BCUT2D eigenvalue weighted by Gasteiger charge is -2.14. The fraction of sp³-hybridized carbons (Fsp3) is 0.273. The molecule has 3 aromatic rings. The smallest absolute Gasteiger partial charge is 0.273 e. The number of nitrogens with zero attached hydrogens (tertiary/aromatic N) is 2. The van der Waals surface area contributed by atoms with Crippen molar-refractivity contribution in [1.82, 2.24) is 20.5 Å². The molecule has 1 amide bonds. The van der Waals surface area contributed by atoms with Crippen LogP contribution in [0.1, 0.15) is 30.6 Å². The molecule has 3 rings (SSSR count). The second-order valence-electron chi connectivity index (χ2n) is 6.75. The lowest BCUT2D eigenvalue weighted by atomic mass is 10.1. The van der Waals surface area contributed by atoms with Gasteiger partial charge in [-0.15, -0.1) is 10.2 Å². The molecule has 0 bridgehead atoms. The van der Waals surface area contributed by atoms with Gasteiger partial charge in [0.05, 0.1) is 20.3 Å². The fourth-order valence-corrected chi connectivity index (χ4v) is 2.97. The summed E-state index contributed by atoms with van der Waals surface area (Å²) in [6.45, 7) is 1.91. The van der Waals surface area contributed by atoms with Crippen LogP contribution in [0.3, 0.4) is 0 Å². The number of aromatic amines is 1. The van der Waals surface area contributed by atoms with Crippen molar-refractivity contribution in [2.24, 2.45) is 0 Å². The highest BCUT2D eigenvalue weighted by atomic mass is 16.5. The van der Waals surface area contributed by atoms with Gasteiger partial charge in [0.1, 0.15) is 17.2 Å². The van der Waals surface area contributed by atoms with Gasteiger partial charge in [0.2, 0.25) is 5.91 Å². The van der Waals surface area contributed by atoms with Crippen LogP contribution in [-0.2, 0) is 11.2 Å². The number of benzene rings is 2. The Hall–Kier alpha value is -3.68. The Morgan fingerprint density at radius 2 is 1.73 bits per heavy atom. The van der Waals surface area contributed by atoms with E-state index < -0.39 is 0 Å². The van der Waals surface area contributed by atoms with Gasteiger partial charge in [0, 0.05) is 24.5 Å². The summed E-state index contributed by atoms with van der Waals surface area (Å²) in [4.78, 5) is 27.4. The molecule has 156 valence electrons. The zero-order chi connectivity index (χ0) is 21.5. The van der Waals surface area contributed by atoms with Crippen molar-refractivity contribution >= 4 is 5.91 Å². The molecular formula is C22H24N4O4. The van der Waals surface area contributed by atoms with E-state index in [0.29, 0.717) is 22.9 Å². The van der Waals surface area contributed by atoms with Gasteiger partial charge in [-0.05, 0) is 24.6 Å². The molecule has 2 N–H and O–H groups in total. The van der Waals surface area contributed by atoms with Gasteiger partial charge >= 0.3 is 0 Å². The van der Waals surface area contributed by atoms with Gasteiger partial charge in [0.25, 0.3) is 5.56 Å². The summed E-state index contributed by atoms with van der Waals surface area (Å²) < 4.78 is 10.5.